The average molecular weight is 467 g/mol. The molecule has 0 bridgehead atoms. The van der Waals surface area contributed by atoms with Crippen molar-refractivity contribution in [1.29, 1.82) is 0 Å². The molecule has 174 valence electrons. The van der Waals surface area contributed by atoms with Gasteiger partial charge in [0.05, 0.1) is 10.5 Å². The molecule has 2 amide bonds. The Morgan fingerprint density at radius 1 is 1.00 bits per heavy atom. The van der Waals surface area contributed by atoms with E-state index in [2.05, 4.69) is 0 Å². The summed E-state index contributed by atoms with van der Waals surface area (Å²) in [5.74, 6) is -0.174. The highest BCUT2D eigenvalue weighted by Crippen LogP contribution is 2.42. The van der Waals surface area contributed by atoms with Crippen molar-refractivity contribution in [2.24, 2.45) is 0 Å². The Hall–Kier alpha value is -1.96. The number of amides is 2. The highest BCUT2D eigenvalue weighted by Gasteiger charge is 2.41. The molecule has 0 spiro atoms. The van der Waals surface area contributed by atoms with Crippen molar-refractivity contribution in [3.05, 3.63) is 40.3 Å². The zero-order valence-electron chi connectivity index (χ0n) is 18.1. The fraction of sp³-hybridized carbons (Fsp3) is 0.583. The Balaban J connectivity index is 1.54. The van der Waals surface area contributed by atoms with Crippen molar-refractivity contribution in [1.82, 2.24) is 9.80 Å². The summed E-state index contributed by atoms with van der Waals surface area (Å²) in [4.78, 5) is 30.6. The molecule has 1 saturated carbocycles. The minimum Gasteiger partial charge on any atom is -0.341 e. The smallest absolute Gasteiger partial charge is 0.341 e. The minimum atomic E-state index is -4.39. The second-order valence-corrected chi connectivity index (χ2v) is 10.1. The highest BCUT2D eigenvalue weighted by molar-refractivity contribution is 8.04. The first-order valence-corrected chi connectivity index (χ1v) is 12.4. The van der Waals surface area contributed by atoms with E-state index in [1.54, 1.807) is 11.0 Å². The topological polar surface area (TPSA) is 40.6 Å². The fourth-order valence-electron chi connectivity index (χ4n) is 4.85. The van der Waals surface area contributed by atoms with E-state index in [0.717, 1.165) is 76.6 Å². The first-order valence-electron chi connectivity index (χ1n) is 11.5. The predicted octanol–water partition coefficient (Wildman–Crippen LogP) is 5.34. The van der Waals surface area contributed by atoms with Crippen LogP contribution in [0.15, 0.2) is 29.2 Å². The Bertz CT molecular complexity index is 861. The monoisotopic (exact) mass is 466 g/mol. The van der Waals surface area contributed by atoms with Gasteiger partial charge >= 0.3 is 6.18 Å². The molecule has 1 aromatic carbocycles. The maximum Gasteiger partial charge on any atom is 0.416 e. The van der Waals surface area contributed by atoms with Gasteiger partial charge in [-0.2, -0.15) is 13.2 Å². The van der Waals surface area contributed by atoms with Gasteiger partial charge in [0, 0.05) is 24.4 Å². The first-order chi connectivity index (χ1) is 15.3. The molecule has 2 atom stereocenters. The number of likely N-dealkylation sites (tertiary alicyclic amines) is 1. The Morgan fingerprint density at radius 2 is 1.66 bits per heavy atom. The molecule has 2 heterocycles. The summed E-state index contributed by atoms with van der Waals surface area (Å²) in [6.07, 6.45) is 5.54. The quantitative estimate of drug-likeness (QED) is 0.565. The van der Waals surface area contributed by atoms with Crippen LogP contribution in [0.2, 0.25) is 0 Å². The number of carbonyl (C=O) groups excluding carboxylic acids is 2. The highest BCUT2D eigenvalue weighted by atomic mass is 32.2. The van der Waals surface area contributed by atoms with Gasteiger partial charge in [0.15, 0.2) is 0 Å². The van der Waals surface area contributed by atoms with Gasteiger partial charge in [-0.1, -0.05) is 37.8 Å². The maximum atomic E-state index is 13.4. The zero-order chi connectivity index (χ0) is 22.7. The standard InChI is InChI=1S/C24H29F3N2O2S/c25-24(26,27)18-11-9-17(10-12-18)15-21-23(31)29(19-7-3-4-8-20(19)32-21)16-22(30)28-13-5-1-2-6-14-28/h9-12,15,19-20H,1-8,13-14,16H2/b21-15+. The van der Waals surface area contributed by atoms with Gasteiger partial charge in [-0.15, -0.1) is 11.8 Å². The molecule has 0 radical (unpaired) electrons. The van der Waals surface area contributed by atoms with Gasteiger partial charge in [0.25, 0.3) is 5.91 Å². The van der Waals surface area contributed by atoms with E-state index in [0.29, 0.717) is 10.5 Å². The minimum absolute atomic E-state index is 0.00496. The molecule has 3 aliphatic rings. The van der Waals surface area contributed by atoms with Gasteiger partial charge in [0.2, 0.25) is 5.91 Å². The molecule has 1 aliphatic carbocycles. The van der Waals surface area contributed by atoms with Crippen molar-refractivity contribution in [2.45, 2.75) is 68.8 Å². The number of hydrogen-bond acceptors (Lipinski definition) is 3. The van der Waals surface area contributed by atoms with Gasteiger partial charge in [0.1, 0.15) is 6.54 Å². The number of rotatable bonds is 3. The third-order valence-electron chi connectivity index (χ3n) is 6.62. The molecule has 3 fully saturated rings. The van der Waals surface area contributed by atoms with E-state index in [1.165, 1.54) is 23.9 Å². The van der Waals surface area contributed by atoms with Gasteiger partial charge in [-0.3, -0.25) is 9.59 Å². The first kappa shape index (κ1) is 23.2. The van der Waals surface area contributed by atoms with Crippen molar-refractivity contribution in [2.75, 3.05) is 19.6 Å². The SMILES string of the molecule is O=C(CN1C(=O)/C(=C\c2ccc(C(F)(F)F)cc2)SC2CCCCC21)N1CCCCCC1. The number of halogens is 3. The van der Waals surface area contributed by atoms with Gasteiger partial charge in [-0.25, -0.2) is 0 Å². The molecular formula is C24H29F3N2O2S. The van der Waals surface area contributed by atoms with Crippen LogP contribution in [-0.4, -0.2) is 52.5 Å². The lowest BCUT2D eigenvalue weighted by atomic mass is 9.93. The summed E-state index contributed by atoms with van der Waals surface area (Å²) in [6, 6.07) is 4.90. The summed E-state index contributed by atoms with van der Waals surface area (Å²) < 4.78 is 38.6. The van der Waals surface area contributed by atoms with E-state index >= 15 is 0 Å². The molecule has 32 heavy (non-hydrogen) atoms. The largest absolute Gasteiger partial charge is 0.416 e. The van der Waals surface area contributed by atoms with Crippen LogP contribution in [0.3, 0.4) is 0 Å². The number of thioether (sulfide) groups is 1. The molecule has 0 aromatic heterocycles. The molecule has 2 saturated heterocycles. The predicted molar refractivity (Wildman–Crippen MR) is 120 cm³/mol. The number of hydrogen-bond donors (Lipinski definition) is 0. The van der Waals surface area contributed by atoms with Gasteiger partial charge in [-0.05, 0) is 49.5 Å². The zero-order valence-corrected chi connectivity index (χ0v) is 18.9. The van der Waals surface area contributed by atoms with E-state index in [-0.39, 0.29) is 29.7 Å². The molecule has 2 unspecified atom stereocenters. The van der Waals surface area contributed by atoms with Crippen LogP contribution in [0.4, 0.5) is 13.2 Å². The van der Waals surface area contributed by atoms with Crippen molar-refractivity contribution >= 4 is 29.7 Å². The van der Waals surface area contributed by atoms with Crippen LogP contribution in [0.5, 0.6) is 0 Å². The summed E-state index contributed by atoms with van der Waals surface area (Å²) in [5, 5.41) is 0.221. The van der Waals surface area contributed by atoms with Crippen LogP contribution in [0.1, 0.15) is 62.5 Å². The molecule has 8 heteroatoms. The summed E-state index contributed by atoms with van der Waals surface area (Å²) in [6.45, 7) is 1.58. The van der Waals surface area contributed by atoms with Gasteiger partial charge < -0.3 is 9.80 Å². The third-order valence-corrected chi connectivity index (χ3v) is 8.02. The summed E-state index contributed by atoms with van der Waals surface area (Å²) >= 11 is 1.52. The molecule has 4 rings (SSSR count). The number of carbonyl (C=O) groups is 2. The van der Waals surface area contributed by atoms with Crippen LogP contribution in [0, 0.1) is 0 Å². The number of benzene rings is 1. The van der Waals surface area contributed by atoms with Crippen LogP contribution in [-0.2, 0) is 15.8 Å². The lowest BCUT2D eigenvalue weighted by Crippen LogP contribution is -2.54. The lowest BCUT2D eigenvalue weighted by molar-refractivity contribution is -0.140. The molecule has 1 aromatic rings. The van der Waals surface area contributed by atoms with E-state index in [1.807, 2.05) is 4.90 Å². The van der Waals surface area contributed by atoms with Crippen LogP contribution >= 0.6 is 11.8 Å². The van der Waals surface area contributed by atoms with Crippen molar-refractivity contribution < 1.29 is 22.8 Å². The van der Waals surface area contributed by atoms with Crippen LogP contribution in [0.25, 0.3) is 6.08 Å². The Labute approximate surface area is 191 Å². The second-order valence-electron chi connectivity index (χ2n) is 8.86. The molecular weight excluding hydrogens is 437 g/mol. The average Bonchev–Trinajstić information content (AvgIpc) is 3.06. The molecule has 4 nitrogen and oxygen atoms in total. The maximum absolute atomic E-state index is 13.4. The normalized spacial score (nSPS) is 26.1. The summed E-state index contributed by atoms with van der Waals surface area (Å²) in [7, 11) is 0. The summed E-state index contributed by atoms with van der Waals surface area (Å²) in [5.41, 5.74) is -0.152. The third kappa shape index (κ3) is 5.33. The number of nitrogens with zero attached hydrogens (tertiary/aromatic N) is 2. The Morgan fingerprint density at radius 3 is 2.31 bits per heavy atom. The number of alkyl halides is 3. The molecule has 0 N–H and O–H groups in total. The van der Waals surface area contributed by atoms with E-state index in [9.17, 15) is 22.8 Å². The van der Waals surface area contributed by atoms with Crippen LogP contribution < -0.4 is 0 Å². The second kappa shape index (κ2) is 9.89. The molecule has 2 aliphatic heterocycles. The van der Waals surface area contributed by atoms with E-state index < -0.39 is 11.7 Å². The Kier molecular flexibility index (Phi) is 7.17. The number of fused-ring (bicyclic) bond motifs is 1. The van der Waals surface area contributed by atoms with Crippen molar-refractivity contribution in [3.63, 3.8) is 0 Å². The van der Waals surface area contributed by atoms with E-state index in [4.69, 9.17) is 0 Å². The fourth-order valence-corrected chi connectivity index (χ4v) is 6.32. The lowest BCUT2D eigenvalue weighted by Gasteiger charge is -2.44. The van der Waals surface area contributed by atoms with Crippen molar-refractivity contribution in [3.8, 4) is 0 Å².